The Hall–Kier alpha value is -1.24. The number of aryl methyl sites for hydroxylation is 1. The van der Waals surface area contributed by atoms with E-state index in [2.05, 4.69) is 41.1 Å². The molecule has 1 atom stereocenters. The van der Waals surface area contributed by atoms with Crippen LogP contribution in [0, 0.1) is 6.92 Å². The lowest BCUT2D eigenvalue weighted by atomic mass is 10.1. The largest absolute Gasteiger partial charge is 0.368 e. The number of nitrogens with two attached hydrogens (primary N) is 1. The van der Waals surface area contributed by atoms with Gasteiger partial charge in [-0.3, -0.25) is 0 Å². The van der Waals surface area contributed by atoms with E-state index in [0.29, 0.717) is 12.6 Å². The van der Waals surface area contributed by atoms with Crippen molar-refractivity contribution in [3.05, 3.63) is 17.1 Å². The topological polar surface area (TPSA) is 70.3 Å². The first-order chi connectivity index (χ1) is 11.0. The van der Waals surface area contributed by atoms with Gasteiger partial charge in [0.15, 0.2) is 0 Å². The highest BCUT2D eigenvalue weighted by atomic mass is 15.2. The number of anilines is 1. The second-order valence-corrected chi connectivity index (χ2v) is 6.58. The molecule has 0 amide bonds. The first-order valence-electron chi connectivity index (χ1n) is 8.74. The van der Waals surface area contributed by atoms with Crippen molar-refractivity contribution in [2.24, 2.45) is 5.73 Å². The van der Waals surface area contributed by atoms with Crippen LogP contribution in [-0.4, -0.2) is 72.6 Å². The number of nitrogens with zero attached hydrogens (tertiary/aromatic N) is 4. The van der Waals surface area contributed by atoms with E-state index in [1.54, 1.807) is 0 Å². The molecule has 2 heterocycles. The lowest BCUT2D eigenvalue weighted by Crippen LogP contribution is -2.34. The fourth-order valence-corrected chi connectivity index (χ4v) is 3.23. The number of fused-ring (bicyclic) bond motifs is 1. The summed E-state index contributed by atoms with van der Waals surface area (Å²) in [6, 6.07) is 0.514. The molecule has 1 aromatic heterocycles. The Morgan fingerprint density at radius 3 is 2.65 bits per heavy atom. The van der Waals surface area contributed by atoms with Crippen molar-refractivity contribution in [2.75, 3.05) is 52.1 Å². The maximum absolute atomic E-state index is 5.71. The fourth-order valence-electron chi connectivity index (χ4n) is 3.23. The summed E-state index contributed by atoms with van der Waals surface area (Å²) in [5.74, 6) is 1.89. The number of aromatic nitrogens is 2. The van der Waals surface area contributed by atoms with E-state index >= 15 is 0 Å². The summed E-state index contributed by atoms with van der Waals surface area (Å²) in [6.45, 7) is 8.87. The molecule has 0 aliphatic carbocycles. The zero-order chi connectivity index (χ0) is 16.8. The fraction of sp³-hybridized carbons (Fsp3) is 0.765. The molecule has 0 bridgehead atoms. The average molecular weight is 320 g/mol. The van der Waals surface area contributed by atoms with Gasteiger partial charge in [0, 0.05) is 50.7 Å². The van der Waals surface area contributed by atoms with Gasteiger partial charge in [-0.15, -0.1) is 0 Å². The molecule has 1 aliphatic rings. The van der Waals surface area contributed by atoms with E-state index in [-0.39, 0.29) is 0 Å². The Morgan fingerprint density at radius 1 is 1.26 bits per heavy atom. The van der Waals surface area contributed by atoms with Gasteiger partial charge in [0.2, 0.25) is 0 Å². The number of nitrogens with one attached hydrogen (secondary N) is 1. The maximum Gasteiger partial charge on any atom is 0.133 e. The molecule has 1 aliphatic heterocycles. The van der Waals surface area contributed by atoms with Gasteiger partial charge in [0.25, 0.3) is 0 Å². The first kappa shape index (κ1) is 18.1. The molecule has 1 aromatic rings. The second kappa shape index (κ2) is 8.57. The van der Waals surface area contributed by atoms with Crippen LogP contribution in [0.15, 0.2) is 0 Å². The van der Waals surface area contributed by atoms with E-state index in [0.717, 1.165) is 57.1 Å². The smallest absolute Gasteiger partial charge is 0.133 e. The van der Waals surface area contributed by atoms with Crippen LogP contribution < -0.4 is 11.1 Å². The Morgan fingerprint density at radius 2 is 2.00 bits per heavy atom. The molecule has 0 unspecified atom stereocenters. The van der Waals surface area contributed by atoms with Gasteiger partial charge in [0.05, 0.1) is 5.69 Å². The van der Waals surface area contributed by atoms with Gasteiger partial charge >= 0.3 is 0 Å². The highest BCUT2D eigenvalue weighted by Gasteiger charge is 2.19. The number of likely N-dealkylation sites (N-methyl/N-ethyl adjacent to an activating group) is 1. The minimum atomic E-state index is 0.514. The molecule has 6 heteroatoms. The first-order valence-corrected chi connectivity index (χ1v) is 8.74. The molecule has 2 rings (SSSR count). The van der Waals surface area contributed by atoms with Crippen molar-refractivity contribution in [1.82, 2.24) is 19.8 Å². The van der Waals surface area contributed by atoms with Crippen molar-refractivity contribution in [1.29, 1.82) is 0 Å². The second-order valence-electron chi connectivity index (χ2n) is 6.58. The van der Waals surface area contributed by atoms with Gasteiger partial charge in [0.1, 0.15) is 11.6 Å². The van der Waals surface area contributed by atoms with Crippen LogP contribution in [0.1, 0.15) is 30.4 Å². The summed E-state index contributed by atoms with van der Waals surface area (Å²) >= 11 is 0. The maximum atomic E-state index is 5.71. The molecule has 6 nitrogen and oxygen atoms in total. The summed E-state index contributed by atoms with van der Waals surface area (Å²) in [7, 11) is 4.26. The molecule has 0 aromatic carbocycles. The summed E-state index contributed by atoms with van der Waals surface area (Å²) in [6.07, 6.45) is 3.10. The van der Waals surface area contributed by atoms with Gasteiger partial charge in [-0.25, -0.2) is 9.97 Å². The van der Waals surface area contributed by atoms with E-state index in [1.165, 1.54) is 11.3 Å². The molecule has 0 fully saturated rings. The third-order valence-corrected chi connectivity index (χ3v) is 4.70. The normalized spacial score (nSPS) is 17.0. The lowest BCUT2D eigenvalue weighted by Gasteiger charge is -2.24. The summed E-state index contributed by atoms with van der Waals surface area (Å²) in [5, 5.41) is 3.58. The number of rotatable bonds is 7. The van der Waals surface area contributed by atoms with Gasteiger partial charge < -0.3 is 20.9 Å². The quantitative estimate of drug-likeness (QED) is 0.778. The van der Waals surface area contributed by atoms with Crippen molar-refractivity contribution in [2.45, 2.75) is 39.2 Å². The summed E-state index contributed by atoms with van der Waals surface area (Å²) in [5.41, 5.74) is 8.21. The molecule has 0 saturated carbocycles. The monoisotopic (exact) mass is 320 g/mol. The van der Waals surface area contributed by atoms with Crippen LogP contribution in [0.3, 0.4) is 0 Å². The zero-order valence-electron chi connectivity index (χ0n) is 15.1. The van der Waals surface area contributed by atoms with Crippen molar-refractivity contribution in [3.63, 3.8) is 0 Å². The van der Waals surface area contributed by atoms with Crippen LogP contribution in [0.4, 0.5) is 5.82 Å². The molecular weight excluding hydrogens is 288 g/mol. The van der Waals surface area contributed by atoms with E-state index in [1.807, 2.05) is 6.92 Å². The van der Waals surface area contributed by atoms with Crippen LogP contribution in [0.25, 0.3) is 0 Å². The van der Waals surface area contributed by atoms with Gasteiger partial charge in [-0.1, -0.05) is 6.92 Å². The minimum absolute atomic E-state index is 0.514. The molecule has 23 heavy (non-hydrogen) atoms. The Labute approximate surface area is 140 Å². The lowest BCUT2D eigenvalue weighted by molar-refractivity contribution is 0.295. The van der Waals surface area contributed by atoms with Crippen molar-refractivity contribution >= 4 is 5.82 Å². The third-order valence-electron chi connectivity index (χ3n) is 4.70. The van der Waals surface area contributed by atoms with E-state index < -0.39 is 0 Å². The predicted octanol–water partition coefficient (Wildman–Crippen LogP) is 0.896. The number of hydrogen-bond acceptors (Lipinski definition) is 6. The molecule has 0 saturated heterocycles. The summed E-state index contributed by atoms with van der Waals surface area (Å²) < 4.78 is 0. The van der Waals surface area contributed by atoms with Crippen LogP contribution in [-0.2, 0) is 12.8 Å². The standard InChI is InChI=1S/C17H32N6/c1-5-14(22(3)4)12-19-17-15-6-9-23(11-8-18)10-7-16(15)20-13(2)21-17/h14H,5-12,18H2,1-4H3,(H,19,20,21)/t14-/m0/s1. The highest BCUT2D eigenvalue weighted by Crippen LogP contribution is 2.21. The van der Waals surface area contributed by atoms with Crippen molar-refractivity contribution < 1.29 is 0 Å². The molecule has 3 N–H and O–H groups in total. The van der Waals surface area contributed by atoms with Crippen LogP contribution in [0.5, 0.6) is 0 Å². The molecule has 130 valence electrons. The Kier molecular flexibility index (Phi) is 6.74. The molecular formula is C17H32N6. The predicted molar refractivity (Wildman–Crippen MR) is 95.9 cm³/mol. The average Bonchev–Trinajstić information content (AvgIpc) is 2.70. The summed E-state index contributed by atoms with van der Waals surface area (Å²) in [4.78, 5) is 14.1. The van der Waals surface area contributed by atoms with Crippen molar-refractivity contribution in [3.8, 4) is 0 Å². The highest BCUT2D eigenvalue weighted by molar-refractivity contribution is 5.47. The Balaban J connectivity index is 2.14. The SMILES string of the molecule is CC[C@@H](CNc1nc(C)nc2c1CCN(CCN)CC2)N(C)C. The number of hydrogen-bond donors (Lipinski definition) is 2. The van der Waals surface area contributed by atoms with Gasteiger partial charge in [-0.2, -0.15) is 0 Å². The van der Waals surface area contributed by atoms with Crippen LogP contribution in [0.2, 0.25) is 0 Å². The zero-order valence-corrected chi connectivity index (χ0v) is 15.1. The van der Waals surface area contributed by atoms with E-state index in [4.69, 9.17) is 10.7 Å². The minimum Gasteiger partial charge on any atom is -0.368 e. The Bertz CT molecular complexity index is 502. The third kappa shape index (κ3) is 4.86. The van der Waals surface area contributed by atoms with E-state index in [9.17, 15) is 0 Å². The molecule has 0 spiro atoms. The van der Waals surface area contributed by atoms with Gasteiger partial charge in [-0.05, 0) is 33.9 Å². The van der Waals surface area contributed by atoms with Crippen LogP contribution >= 0.6 is 0 Å². The molecule has 0 radical (unpaired) electrons.